The molecule has 1 aromatic carbocycles. The van der Waals surface area contributed by atoms with Gasteiger partial charge in [-0.15, -0.1) is 0 Å². The zero-order valence-corrected chi connectivity index (χ0v) is 12.5. The lowest BCUT2D eigenvalue weighted by atomic mass is 10.1. The van der Waals surface area contributed by atoms with Crippen molar-refractivity contribution in [2.45, 2.75) is 13.5 Å². The molecule has 5 nitrogen and oxygen atoms in total. The molecule has 0 saturated carbocycles. The number of benzene rings is 1. The highest BCUT2D eigenvalue weighted by Gasteiger charge is 2.14. The molecule has 0 aliphatic carbocycles. The van der Waals surface area contributed by atoms with Gasteiger partial charge in [0.05, 0.1) is 19.3 Å². The van der Waals surface area contributed by atoms with E-state index in [1.807, 2.05) is 25.1 Å². The first-order valence-electron chi connectivity index (χ1n) is 6.62. The van der Waals surface area contributed by atoms with E-state index in [0.717, 1.165) is 11.4 Å². The minimum Gasteiger partial charge on any atom is -0.497 e. The topological polar surface area (TPSA) is 68.5 Å². The van der Waals surface area contributed by atoms with Crippen molar-refractivity contribution in [3.05, 3.63) is 53.3 Å². The Labute approximate surface area is 124 Å². The Balaban J connectivity index is 2.17. The molecule has 1 aromatic heterocycles. The molecule has 2 N–H and O–H groups in total. The molecule has 1 heterocycles. The molecule has 0 aliphatic heterocycles. The standard InChI is InChI=1S/C16H19N3O2/c1-11-5-4-6-14(18-11)10-19(2)16(20)12-7-13(17)9-15(8-12)21-3/h4-9H,10,17H2,1-3H3. The smallest absolute Gasteiger partial charge is 0.254 e. The Bertz CT molecular complexity index is 656. The van der Waals surface area contributed by atoms with Crippen LogP contribution in [0.3, 0.4) is 0 Å². The number of methoxy groups -OCH3 is 1. The van der Waals surface area contributed by atoms with E-state index in [1.165, 1.54) is 0 Å². The van der Waals surface area contributed by atoms with Gasteiger partial charge in [-0.05, 0) is 31.2 Å². The summed E-state index contributed by atoms with van der Waals surface area (Å²) in [4.78, 5) is 18.4. The second-order valence-electron chi connectivity index (χ2n) is 4.93. The van der Waals surface area contributed by atoms with Crippen LogP contribution in [0, 0.1) is 6.92 Å². The van der Waals surface area contributed by atoms with E-state index in [0.29, 0.717) is 23.5 Å². The van der Waals surface area contributed by atoms with Crippen LogP contribution < -0.4 is 10.5 Å². The molecule has 0 bridgehead atoms. The number of hydrogen-bond donors (Lipinski definition) is 1. The van der Waals surface area contributed by atoms with Gasteiger partial charge in [-0.25, -0.2) is 0 Å². The highest BCUT2D eigenvalue weighted by molar-refractivity contribution is 5.95. The first-order chi connectivity index (χ1) is 9.99. The second kappa shape index (κ2) is 6.26. The van der Waals surface area contributed by atoms with Gasteiger partial charge in [0.2, 0.25) is 0 Å². The highest BCUT2D eigenvalue weighted by atomic mass is 16.5. The van der Waals surface area contributed by atoms with Crippen LogP contribution in [0.1, 0.15) is 21.7 Å². The lowest BCUT2D eigenvalue weighted by Gasteiger charge is -2.17. The maximum Gasteiger partial charge on any atom is 0.254 e. The van der Waals surface area contributed by atoms with Crippen molar-refractivity contribution in [2.24, 2.45) is 0 Å². The monoisotopic (exact) mass is 285 g/mol. The van der Waals surface area contributed by atoms with Crippen molar-refractivity contribution in [2.75, 3.05) is 19.9 Å². The average Bonchev–Trinajstić information content (AvgIpc) is 2.45. The summed E-state index contributed by atoms with van der Waals surface area (Å²) in [5, 5.41) is 0. The molecule has 0 saturated heterocycles. The number of carbonyl (C=O) groups is 1. The molecule has 2 rings (SSSR count). The van der Waals surface area contributed by atoms with E-state index >= 15 is 0 Å². The fraction of sp³-hybridized carbons (Fsp3) is 0.250. The molecule has 110 valence electrons. The Kier molecular flexibility index (Phi) is 4.42. The van der Waals surface area contributed by atoms with Gasteiger partial charge in [0.25, 0.3) is 5.91 Å². The van der Waals surface area contributed by atoms with Gasteiger partial charge in [0, 0.05) is 30.1 Å². The number of hydrogen-bond acceptors (Lipinski definition) is 4. The molecule has 5 heteroatoms. The lowest BCUT2D eigenvalue weighted by molar-refractivity contribution is 0.0783. The largest absolute Gasteiger partial charge is 0.497 e. The molecule has 0 unspecified atom stereocenters. The van der Waals surface area contributed by atoms with Crippen LogP contribution in [0.4, 0.5) is 5.69 Å². The fourth-order valence-electron chi connectivity index (χ4n) is 2.09. The van der Waals surface area contributed by atoms with Crippen molar-refractivity contribution in [1.82, 2.24) is 9.88 Å². The Hall–Kier alpha value is -2.56. The van der Waals surface area contributed by atoms with Crippen LogP contribution in [0.15, 0.2) is 36.4 Å². The van der Waals surface area contributed by atoms with Crippen molar-refractivity contribution in [3.8, 4) is 5.75 Å². The van der Waals surface area contributed by atoms with Crippen LogP contribution in [0.2, 0.25) is 0 Å². The average molecular weight is 285 g/mol. The van der Waals surface area contributed by atoms with E-state index in [9.17, 15) is 4.79 Å². The summed E-state index contributed by atoms with van der Waals surface area (Å²) in [6.07, 6.45) is 0. The molecule has 21 heavy (non-hydrogen) atoms. The number of rotatable bonds is 4. The Morgan fingerprint density at radius 3 is 2.76 bits per heavy atom. The van der Waals surface area contributed by atoms with Gasteiger partial charge >= 0.3 is 0 Å². The summed E-state index contributed by atoms with van der Waals surface area (Å²) < 4.78 is 5.14. The van der Waals surface area contributed by atoms with Crippen LogP contribution in [-0.2, 0) is 6.54 Å². The molecule has 0 fully saturated rings. The van der Waals surface area contributed by atoms with Gasteiger partial charge in [-0.2, -0.15) is 0 Å². The maximum atomic E-state index is 12.4. The zero-order valence-electron chi connectivity index (χ0n) is 12.5. The first kappa shape index (κ1) is 14.8. The lowest BCUT2D eigenvalue weighted by Crippen LogP contribution is -2.26. The third-order valence-electron chi connectivity index (χ3n) is 3.10. The summed E-state index contributed by atoms with van der Waals surface area (Å²) in [7, 11) is 3.28. The third kappa shape index (κ3) is 3.72. The highest BCUT2D eigenvalue weighted by Crippen LogP contribution is 2.20. The van der Waals surface area contributed by atoms with Crippen LogP contribution >= 0.6 is 0 Å². The minimum absolute atomic E-state index is 0.121. The number of nitrogen functional groups attached to an aromatic ring is 1. The summed E-state index contributed by atoms with van der Waals surface area (Å²) >= 11 is 0. The number of carbonyl (C=O) groups excluding carboxylic acids is 1. The summed E-state index contributed by atoms with van der Waals surface area (Å²) in [5.74, 6) is 0.448. The van der Waals surface area contributed by atoms with E-state index in [2.05, 4.69) is 4.98 Å². The van der Waals surface area contributed by atoms with Crippen LogP contribution in [-0.4, -0.2) is 29.9 Å². The predicted octanol–water partition coefficient (Wildman–Crippen LogP) is 2.25. The summed E-state index contributed by atoms with van der Waals surface area (Å²) in [5.41, 5.74) is 8.56. The normalized spacial score (nSPS) is 10.2. The van der Waals surface area contributed by atoms with Crippen molar-refractivity contribution in [3.63, 3.8) is 0 Å². The number of nitrogens with zero attached hydrogens (tertiary/aromatic N) is 2. The Morgan fingerprint density at radius 1 is 1.33 bits per heavy atom. The minimum atomic E-state index is -0.121. The van der Waals surface area contributed by atoms with Crippen molar-refractivity contribution in [1.29, 1.82) is 0 Å². The van der Waals surface area contributed by atoms with Gasteiger partial charge in [0.15, 0.2) is 0 Å². The number of pyridine rings is 1. The van der Waals surface area contributed by atoms with E-state index in [1.54, 1.807) is 37.3 Å². The number of ether oxygens (including phenoxy) is 1. The van der Waals surface area contributed by atoms with Crippen molar-refractivity contribution >= 4 is 11.6 Å². The second-order valence-corrected chi connectivity index (χ2v) is 4.93. The molecule has 0 radical (unpaired) electrons. The van der Waals surface area contributed by atoms with Crippen molar-refractivity contribution < 1.29 is 9.53 Å². The Morgan fingerprint density at radius 2 is 2.10 bits per heavy atom. The number of amides is 1. The van der Waals surface area contributed by atoms with E-state index in [-0.39, 0.29) is 5.91 Å². The predicted molar refractivity (Wildman–Crippen MR) is 82.2 cm³/mol. The van der Waals surface area contributed by atoms with Gasteiger partial charge < -0.3 is 15.4 Å². The summed E-state index contributed by atoms with van der Waals surface area (Å²) in [6, 6.07) is 10.8. The molecule has 2 aromatic rings. The number of nitrogens with two attached hydrogens (primary N) is 1. The van der Waals surface area contributed by atoms with Gasteiger partial charge in [-0.1, -0.05) is 6.07 Å². The maximum absolute atomic E-state index is 12.4. The molecular weight excluding hydrogens is 266 g/mol. The van der Waals surface area contributed by atoms with E-state index in [4.69, 9.17) is 10.5 Å². The number of anilines is 1. The number of aryl methyl sites for hydroxylation is 1. The molecule has 0 spiro atoms. The van der Waals surface area contributed by atoms with E-state index < -0.39 is 0 Å². The third-order valence-corrected chi connectivity index (χ3v) is 3.10. The molecule has 1 amide bonds. The quantitative estimate of drug-likeness (QED) is 0.875. The number of aromatic nitrogens is 1. The zero-order chi connectivity index (χ0) is 15.4. The van der Waals surface area contributed by atoms with Gasteiger partial charge in [0.1, 0.15) is 5.75 Å². The SMILES string of the molecule is COc1cc(N)cc(C(=O)N(C)Cc2cccc(C)n2)c1. The fourth-order valence-corrected chi connectivity index (χ4v) is 2.09. The molecule has 0 aliphatic rings. The van der Waals surface area contributed by atoms with Gasteiger partial charge in [-0.3, -0.25) is 9.78 Å². The molecular formula is C16H19N3O2. The summed E-state index contributed by atoms with van der Waals surface area (Å²) in [6.45, 7) is 2.37. The van der Waals surface area contributed by atoms with Crippen LogP contribution in [0.5, 0.6) is 5.75 Å². The first-order valence-corrected chi connectivity index (χ1v) is 6.62. The van der Waals surface area contributed by atoms with Crippen LogP contribution in [0.25, 0.3) is 0 Å². The molecule has 0 atom stereocenters.